The normalized spacial score (nSPS) is 43.3. The molecule has 0 saturated heterocycles. The topological polar surface area (TPSA) is 20.2 Å². The number of aliphatic hydroxyl groups excluding tert-OH is 1. The molecule has 1 N–H and O–H groups in total. The van der Waals surface area contributed by atoms with Crippen molar-refractivity contribution in [3.05, 3.63) is 12.2 Å². The van der Waals surface area contributed by atoms with Crippen LogP contribution in [0.15, 0.2) is 12.2 Å². The molecule has 6 heavy (non-hydrogen) atoms. The summed E-state index contributed by atoms with van der Waals surface area (Å²) in [5.41, 5.74) is 0.981. The summed E-state index contributed by atoms with van der Waals surface area (Å²) < 4.78 is 0. The maximum Gasteiger partial charge on any atom is 0.0814 e. The summed E-state index contributed by atoms with van der Waals surface area (Å²) in [5.74, 6) is 0.380. The lowest BCUT2D eigenvalue weighted by Gasteiger charge is -1.66. The van der Waals surface area contributed by atoms with Gasteiger partial charge in [-0.2, -0.15) is 0 Å². The number of aliphatic hydroxyl groups is 1. The van der Waals surface area contributed by atoms with Gasteiger partial charge in [-0.1, -0.05) is 13.5 Å². The molecule has 1 fully saturated rings. The van der Waals surface area contributed by atoms with Crippen LogP contribution in [0.3, 0.4) is 0 Å². The molecule has 0 radical (unpaired) electrons. The van der Waals surface area contributed by atoms with Crippen molar-refractivity contribution >= 4 is 0 Å². The van der Waals surface area contributed by atoms with Gasteiger partial charge in [-0.3, -0.25) is 0 Å². The first-order chi connectivity index (χ1) is 2.73. The average molecular weight is 84.1 g/mol. The number of rotatable bonds is 0. The van der Waals surface area contributed by atoms with Crippen LogP contribution in [0.4, 0.5) is 0 Å². The van der Waals surface area contributed by atoms with Crippen LogP contribution >= 0.6 is 0 Å². The summed E-state index contributed by atoms with van der Waals surface area (Å²) in [6.07, 6.45) is -0.176. The quantitative estimate of drug-likeness (QED) is 0.425. The molecule has 0 aromatic rings. The lowest BCUT2D eigenvalue weighted by molar-refractivity contribution is 0.271. The fourth-order valence-electron chi connectivity index (χ4n) is 0.443. The molecule has 0 aromatic carbocycles. The summed E-state index contributed by atoms with van der Waals surface area (Å²) in [6, 6.07) is 0. The Labute approximate surface area is 37.3 Å². The molecule has 1 saturated carbocycles. The molecular weight excluding hydrogens is 76.1 g/mol. The van der Waals surface area contributed by atoms with Gasteiger partial charge in [0.05, 0.1) is 6.10 Å². The second-order valence-corrected chi connectivity index (χ2v) is 1.81. The zero-order valence-corrected chi connectivity index (χ0v) is 3.81. The third-order valence-electron chi connectivity index (χ3n) is 1.33. The van der Waals surface area contributed by atoms with Crippen LogP contribution in [0.5, 0.6) is 0 Å². The highest BCUT2D eigenvalue weighted by Crippen LogP contribution is 2.34. The molecule has 0 bridgehead atoms. The predicted molar refractivity (Wildman–Crippen MR) is 24.3 cm³/mol. The van der Waals surface area contributed by atoms with Crippen LogP contribution in [-0.4, -0.2) is 11.2 Å². The Bertz CT molecular complexity index is 75.9. The Hall–Kier alpha value is -0.300. The van der Waals surface area contributed by atoms with Crippen molar-refractivity contribution in [2.24, 2.45) is 5.92 Å². The fraction of sp³-hybridized carbons (Fsp3) is 0.600. The van der Waals surface area contributed by atoms with Gasteiger partial charge in [-0.05, 0) is 5.57 Å². The molecule has 0 aromatic heterocycles. The van der Waals surface area contributed by atoms with Crippen molar-refractivity contribution in [2.45, 2.75) is 13.0 Å². The molecule has 0 aliphatic heterocycles. The molecule has 34 valence electrons. The maximum absolute atomic E-state index is 8.60. The standard InChI is InChI=1S/C5H8O/c1-3-4(2)5(3)6/h4-6H,1H2,2H3. The van der Waals surface area contributed by atoms with E-state index in [9.17, 15) is 0 Å². The van der Waals surface area contributed by atoms with Crippen molar-refractivity contribution in [3.8, 4) is 0 Å². The van der Waals surface area contributed by atoms with E-state index in [1.54, 1.807) is 0 Å². The minimum Gasteiger partial charge on any atom is -0.388 e. The minimum atomic E-state index is -0.176. The second-order valence-electron chi connectivity index (χ2n) is 1.81. The number of hydrogen-bond acceptors (Lipinski definition) is 1. The predicted octanol–water partition coefficient (Wildman–Crippen LogP) is 0.553. The van der Waals surface area contributed by atoms with Gasteiger partial charge in [0.25, 0.3) is 0 Å². The molecule has 0 amide bonds. The smallest absolute Gasteiger partial charge is 0.0814 e. The molecule has 1 aliphatic rings. The second kappa shape index (κ2) is 0.850. The minimum absolute atomic E-state index is 0.176. The van der Waals surface area contributed by atoms with Gasteiger partial charge >= 0.3 is 0 Å². The fourth-order valence-corrected chi connectivity index (χ4v) is 0.443. The largest absolute Gasteiger partial charge is 0.388 e. The van der Waals surface area contributed by atoms with E-state index in [-0.39, 0.29) is 6.10 Å². The van der Waals surface area contributed by atoms with Gasteiger partial charge in [0.1, 0.15) is 0 Å². The van der Waals surface area contributed by atoms with E-state index in [0.717, 1.165) is 5.57 Å². The SMILES string of the molecule is C=C1C(C)C1O. The third kappa shape index (κ3) is 0.287. The van der Waals surface area contributed by atoms with Crippen LogP contribution in [0.1, 0.15) is 6.92 Å². The van der Waals surface area contributed by atoms with E-state index in [2.05, 4.69) is 6.58 Å². The highest BCUT2D eigenvalue weighted by atomic mass is 16.3. The van der Waals surface area contributed by atoms with E-state index < -0.39 is 0 Å². The Kier molecular flexibility index (Phi) is 0.549. The highest BCUT2D eigenvalue weighted by molar-refractivity contribution is 5.26. The average Bonchev–Trinajstić information content (AvgIpc) is 1.94. The summed E-state index contributed by atoms with van der Waals surface area (Å²) in [6.45, 7) is 5.54. The summed E-state index contributed by atoms with van der Waals surface area (Å²) >= 11 is 0. The molecule has 1 heteroatoms. The number of hydrogen-bond donors (Lipinski definition) is 1. The lowest BCUT2D eigenvalue weighted by Crippen LogP contribution is -1.75. The van der Waals surface area contributed by atoms with E-state index in [0.29, 0.717) is 5.92 Å². The van der Waals surface area contributed by atoms with Crippen LogP contribution in [0, 0.1) is 5.92 Å². The van der Waals surface area contributed by atoms with Gasteiger partial charge in [-0.25, -0.2) is 0 Å². The van der Waals surface area contributed by atoms with Crippen LogP contribution in [0.25, 0.3) is 0 Å². The molecule has 1 rings (SSSR count). The third-order valence-corrected chi connectivity index (χ3v) is 1.33. The molecule has 2 unspecified atom stereocenters. The van der Waals surface area contributed by atoms with Gasteiger partial charge < -0.3 is 5.11 Å². The maximum atomic E-state index is 8.60. The Morgan fingerprint density at radius 1 is 1.83 bits per heavy atom. The van der Waals surface area contributed by atoms with Crippen molar-refractivity contribution < 1.29 is 5.11 Å². The molecule has 1 aliphatic carbocycles. The summed E-state index contributed by atoms with van der Waals surface area (Å²) in [7, 11) is 0. The Balaban J connectivity index is 2.51. The molecule has 2 atom stereocenters. The molecule has 0 spiro atoms. The van der Waals surface area contributed by atoms with E-state index in [4.69, 9.17) is 5.11 Å². The van der Waals surface area contributed by atoms with Crippen molar-refractivity contribution in [1.29, 1.82) is 0 Å². The molecule has 1 nitrogen and oxygen atoms in total. The van der Waals surface area contributed by atoms with E-state index in [1.165, 1.54) is 0 Å². The van der Waals surface area contributed by atoms with Gasteiger partial charge in [0.2, 0.25) is 0 Å². The van der Waals surface area contributed by atoms with Crippen molar-refractivity contribution in [2.75, 3.05) is 0 Å². The van der Waals surface area contributed by atoms with E-state index >= 15 is 0 Å². The van der Waals surface area contributed by atoms with Crippen molar-refractivity contribution in [3.63, 3.8) is 0 Å². The Morgan fingerprint density at radius 2 is 2.00 bits per heavy atom. The van der Waals surface area contributed by atoms with Gasteiger partial charge in [0.15, 0.2) is 0 Å². The summed E-state index contributed by atoms with van der Waals surface area (Å²) in [5, 5.41) is 8.60. The van der Waals surface area contributed by atoms with Gasteiger partial charge in [0, 0.05) is 5.92 Å². The zero-order chi connectivity index (χ0) is 4.73. The first-order valence-corrected chi connectivity index (χ1v) is 2.10. The monoisotopic (exact) mass is 84.1 g/mol. The Morgan fingerprint density at radius 3 is 2.00 bits per heavy atom. The lowest BCUT2D eigenvalue weighted by atomic mass is 10.5. The zero-order valence-electron chi connectivity index (χ0n) is 3.81. The van der Waals surface area contributed by atoms with Crippen LogP contribution in [0.2, 0.25) is 0 Å². The summed E-state index contributed by atoms with van der Waals surface area (Å²) in [4.78, 5) is 0. The van der Waals surface area contributed by atoms with Gasteiger partial charge in [-0.15, -0.1) is 0 Å². The van der Waals surface area contributed by atoms with Crippen LogP contribution in [-0.2, 0) is 0 Å². The molecule has 0 heterocycles. The molecular formula is C5H8O. The van der Waals surface area contributed by atoms with Crippen molar-refractivity contribution in [1.82, 2.24) is 0 Å². The first-order valence-electron chi connectivity index (χ1n) is 2.10. The first kappa shape index (κ1) is 3.88. The van der Waals surface area contributed by atoms with E-state index in [1.807, 2.05) is 6.92 Å². The highest BCUT2D eigenvalue weighted by Gasteiger charge is 2.35. The van der Waals surface area contributed by atoms with Crippen LogP contribution < -0.4 is 0 Å².